The van der Waals surface area contributed by atoms with Gasteiger partial charge in [0.2, 0.25) is 0 Å². The van der Waals surface area contributed by atoms with Gasteiger partial charge >= 0.3 is 0 Å². The largest absolute Gasteiger partial charge is 0.334 e. The molecule has 0 atom stereocenters. The molecule has 0 aliphatic heterocycles. The number of hydrogen-bond donors (Lipinski definition) is 0. The van der Waals surface area contributed by atoms with Crippen molar-refractivity contribution in [2.45, 2.75) is 20.4 Å². The van der Waals surface area contributed by atoms with Crippen LogP contribution in [0.4, 0.5) is 0 Å². The van der Waals surface area contributed by atoms with E-state index in [-0.39, 0.29) is 0 Å². The Morgan fingerprint density at radius 1 is 1.58 bits per heavy atom. The van der Waals surface area contributed by atoms with E-state index in [1.54, 1.807) is 0 Å². The van der Waals surface area contributed by atoms with Crippen LogP contribution in [-0.2, 0) is 6.54 Å². The third-order valence-corrected chi connectivity index (χ3v) is 2.19. The van der Waals surface area contributed by atoms with Crippen LogP contribution < -0.4 is 0 Å². The molecule has 0 fully saturated rings. The lowest BCUT2D eigenvalue weighted by Gasteiger charge is -2.14. The van der Waals surface area contributed by atoms with Crippen LogP contribution in [0.5, 0.6) is 0 Å². The molecular weight excluding hydrogens is 150 g/mol. The smallest absolute Gasteiger partial charge is 0.105 e. The van der Waals surface area contributed by atoms with Crippen molar-refractivity contribution in [1.82, 2.24) is 14.5 Å². The van der Waals surface area contributed by atoms with Gasteiger partial charge in [0.1, 0.15) is 5.82 Å². The van der Waals surface area contributed by atoms with Crippen LogP contribution in [0.3, 0.4) is 0 Å². The Bertz CT molecular complexity index is 229. The van der Waals surface area contributed by atoms with Gasteiger partial charge in [0.15, 0.2) is 0 Å². The van der Waals surface area contributed by atoms with E-state index in [1.807, 2.05) is 19.3 Å². The lowest BCUT2D eigenvalue weighted by Crippen LogP contribution is -2.22. The predicted molar refractivity (Wildman–Crippen MR) is 50.1 cm³/mol. The molecule has 0 spiro atoms. The van der Waals surface area contributed by atoms with Crippen molar-refractivity contribution in [2.75, 3.05) is 20.1 Å². The zero-order valence-electron chi connectivity index (χ0n) is 8.12. The quantitative estimate of drug-likeness (QED) is 0.670. The Hall–Kier alpha value is -0.830. The first-order valence-corrected chi connectivity index (χ1v) is 4.40. The first-order chi connectivity index (χ1) is 5.74. The fourth-order valence-electron chi connectivity index (χ4n) is 1.08. The van der Waals surface area contributed by atoms with E-state index in [9.17, 15) is 0 Å². The van der Waals surface area contributed by atoms with Gasteiger partial charge in [-0.05, 0) is 20.5 Å². The number of likely N-dealkylation sites (N-methyl/N-ethyl adjacent to an activating group) is 1. The molecule has 0 saturated heterocycles. The molecule has 1 aromatic heterocycles. The number of rotatable bonds is 4. The van der Waals surface area contributed by atoms with Crippen LogP contribution in [0.25, 0.3) is 0 Å². The maximum absolute atomic E-state index is 4.16. The topological polar surface area (TPSA) is 21.1 Å². The Morgan fingerprint density at radius 3 is 2.83 bits per heavy atom. The zero-order valence-corrected chi connectivity index (χ0v) is 8.12. The average Bonchev–Trinajstić information content (AvgIpc) is 2.47. The van der Waals surface area contributed by atoms with Gasteiger partial charge in [-0.3, -0.25) is 0 Å². The van der Waals surface area contributed by atoms with Crippen LogP contribution in [0.15, 0.2) is 12.4 Å². The van der Waals surface area contributed by atoms with Crippen LogP contribution >= 0.6 is 0 Å². The van der Waals surface area contributed by atoms with E-state index in [4.69, 9.17) is 0 Å². The van der Waals surface area contributed by atoms with E-state index in [0.29, 0.717) is 0 Å². The maximum Gasteiger partial charge on any atom is 0.105 e. The van der Waals surface area contributed by atoms with E-state index in [2.05, 4.69) is 28.4 Å². The molecule has 1 aromatic rings. The first-order valence-electron chi connectivity index (χ1n) is 4.40. The predicted octanol–water partition coefficient (Wildman–Crippen LogP) is 1.14. The Kier molecular flexibility index (Phi) is 3.29. The van der Waals surface area contributed by atoms with Crippen LogP contribution in [0, 0.1) is 6.92 Å². The van der Waals surface area contributed by atoms with Gasteiger partial charge < -0.3 is 9.47 Å². The SMILES string of the molecule is CCN(C)CCn1ccnc1C. The summed E-state index contributed by atoms with van der Waals surface area (Å²) in [4.78, 5) is 6.46. The minimum atomic E-state index is 1.04. The van der Waals surface area contributed by atoms with Crippen LogP contribution in [0.2, 0.25) is 0 Å². The minimum Gasteiger partial charge on any atom is -0.334 e. The number of aromatic nitrogens is 2. The van der Waals surface area contributed by atoms with E-state index in [1.165, 1.54) is 0 Å². The minimum absolute atomic E-state index is 1.04. The third kappa shape index (κ3) is 2.34. The second-order valence-corrected chi connectivity index (χ2v) is 3.06. The van der Waals surface area contributed by atoms with E-state index >= 15 is 0 Å². The van der Waals surface area contributed by atoms with Gasteiger partial charge in [0.05, 0.1) is 0 Å². The van der Waals surface area contributed by atoms with Gasteiger partial charge in [-0.1, -0.05) is 6.92 Å². The molecule has 12 heavy (non-hydrogen) atoms. The summed E-state index contributed by atoms with van der Waals surface area (Å²) in [5.74, 6) is 1.10. The summed E-state index contributed by atoms with van der Waals surface area (Å²) in [6.07, 6.45) is 3.88. The molecule has 0 amide bonds. The maximum atomic E-state index is 4.16. The zero-order chi connectivity index (χ0) is 8.97. The molecule has 3 heteroatoms. The molecule has 0 radical (unpaired) electrons. The Labute approximate surface area is 74.0 Å². The highest BCUT2D eigenvalue weighted by atomic mass is 15.1. The van der Waals surface area contributed by atoms with Crippen molar-refractivity contribution in [1.29, 1.82) is 0 Å². The number of aryl methyl sites for hydroxylation is 1. The summed E-state index contributed by atoms with van der Waals surface area (Å²) in [6.45, 7) is 7.43. The van der Waals surface area contributed by atoms with Crippen molar-refractivity contribution in [3.8, 4) is 0 Å². The van der Waals surface area contributed by atoms with Crippen molar-refractivity contribution < 1.29 is 0 Å². The summed E-state index contributed by atoms with van der Waals surface area (Å²) in [5, 5.41) is 0. The summed E-state index contributed by atoms with van der Waals surface area (Å²) in [6, 6.07) is 0. The van der Waals surface area contributed by atoms with E-state index in [0.717, 1.165) is 25.5 Å². The molecule has 0 unspecified atom stereocenters. The lowest BCUT2D eigenvalue weighted by atomic mass is 10.5. The summed E-state index contributed by atoms with van der Waals surface area (Å²) < 4.78 is 2.17. The van der Waals surface area contributed by atoms with Gasteiger partial charge in [0.25, 0.3) is 0 Å². The highest BCUT2D eigenvalue weighted by molar-refractivity contribution is 4.88. The third-order valence-electron chi connectivity index (χ3n) is 2.19. The molecule has 1 rings (SSSR count). The highest BCUT2D eigenvalue weighted by Crippen LogP contribution is 1.95. The molecular formula is C9H17N3. The fourth-order valence-corrected chi connectivity index (χ4v) is 1.08. The Balaban J connectivity index is 2.38. The van der Waals surface area contributed by atoms with Gasteiger partial charge in [0, 0.05) is 25.5 Å². The highest BCUT2D eigenvalue weighted by Gasteiger charge is 1.97. The molecule has 0 saturated carbocycles. The molecule has 0 bridgehead atoms. The normalized spacial score (nSPS) is 11.0. The average molecular weight is 167 g/mol. The van der Waals surface area contributed by atoms with Gasteiger partial charge in [-0.2, -0.15) is 0 Å². The van der Waals surface area contributed by atoms with Crippen LogP contribution in [0.1, 0.15) is 12.7 Å². The Morgan fingerprint density at radius 2 is 2.33 bits per heavy atom. The molecule has 1 heterocycles. The van der Waals surface area contributed by atoms with Crippen molar-refractivity contribution in [3.05, 3.63) is 18.2 Å². The first kappa shape index (κ1) is 9.26. The monoisotopic (exact) mass is 167 g/mol. The van der Waals surface area contributed by atoms with Gasteiger partial charge in [-0.15, -0.1) is 0 Å². The van der Waals surface area contributed by atoms with Crippen LogP contribution in [-0.4, -0.2) is 34.6 Å². The molecule has 0 aromatic carbocycles. The molecule has 68 valence electrons. The standard InChI is InChI=1S/C9H17N3/c1-4-11(3)7-8-12-6-5-10-9(12)2/h5-6H,4,7-8H2,1-3H3. The second kappa shape index (κ2) is 4.26. The lowest BCUT2D eigenvalue weighted by molar-refractivity contribution is 0.334. The summed E-state index contributed by atoms with van der Waals surface area (Å²) >= 11 is 0. The number of imidazole rings is 1. The molecule has 0 aliphatic rings. The fraction of sp³-hybridized carbons (Fsp3) is 0.667. The molecule has 0 N–H and O–H groups in total. The summed E-state index contributed by atoms with van der Waals surface area (Å²) in [5.41, 5.74) is 0. The summed E-state index contributed by atoms with van der Waals surface area (Å²) in [7, 11) is 2.13. The van der Waals surface area contributed by atoms with Crippen molar-refractivity contribution in [3.63, 3.8) is 0 Å². The van der Waals surface area contributed by atoms with Crippen molar-refractivity contribution in [2.24, 2.45) is 0 Å². The van der Waals surface area contributed by atoms with E-state index < -0.39 is 0 Å². The second-order valence-electron chi connectivity index (χ2n) is 3.06. The molecule has 0 aliphatic carbocycles. The molecule has 3 nitrogen and oxygen atoms in total. The number of hydrogen-bond acceptors (Lipinski definition) is 2. The van der Waals surface area contributed by atoms with Crippen molar-refractivity contribution >= 4 is 0 Å². The van der Waals surface area contributed by atoms with Gasteiger partial charge in [-0.25, -0.2) is 4.98 Å². The number of nitrogens with zero attached hydrogens (tertiary/aromatic N) is 3.